The lowest BCUT2D eigenvalue weighted by Crippen LogP contribution is -2.42. The molecule has 2 atom stereocenters. The van der Waals surface area contributed by atoms with Crippen molar-refractivity contribution >= 4 is 23.6 Å². The van der Waals surface area contributed by atoms with E-state index in [1.54, 1.807) is 31.4 Å². The number of hydrogen-bond donors (Lipinski definition) is 1. The maximum atomic E-state index is 13.2. The van der Waals surface area contributed by atoms with Crippen molar-refractivity contribution in [1.29, 1.82) is 0 Å². The van der Waals surface area contributed by atoms with Crippen molar-refractivity contribution in [3.63, 3.8) is 0 Å². The molecule has 0 spiro atoms. The predicted octanol–water partition coefficient (Wildman–Crippen LogP) is 4.33. The van der Waals surface area contributed by atoms with Crippen molar-refractivity contribution in [2.24, 2.45) is 0 Å². The fourth-order valence-electron chi connectivity index (χ4n) is 3.23. The number of thioether (sulfide) groups is 1. The van der Waals surface area contributed by atoms with Gasteiger partial charge in [0.05, 0.1) is 7.11 Å². The van der Waals surface area contributed by atoms with Gasteiger partial charge >= 0.3 is 5.97 Å². The van der Waals surface area contributed by atoms with Crippen LogP contribution >= 0.6 is 11.8 Å². The van der Waals surface area contributed by atoms with Gasteiger partial charge in [-0.2, -0.15) is 0 Å². The summed E-state index contributed by atoms with van der Waals surface area (Å²) in [6.45, 7) is 6.44. The Kier molecular flexibility index (Phi) is 5.70. The van der Waals surface area contributed by atoms with Crippen LogP contribution in [0.5, 0.6) is 5.75 Å². The molecule has 1 saturated heterocycles. The molecule has 148 valence electrons. The molecule has 6 heteroatoms. The Balaban J connectivity index is 1.93. The number of amides is 1. The van der Waals surface area contributed by atoms with Crippen molar-refractivity contribution in [2.75, 3.05) is 12.9 Å². The van der Waals surface area contributed by atoms with Crippen molar-refractivity contribution in [3.05, 3.63) is 65.2 Å². The van der Waals surface area contributed by atoms with Gasteiger partial charge in [-0.25, -0.2) is 4.79 Å². The number of hydrogen-bond acceptors (Lipinski definition) is 4. The molecule has 0 bridgehead atoms. The van der Waals surface area contributed by atoms with Crippen molar-refractivity contribution < 1.29 is 19.4 Å². The number of carbonyl (C=O) groups excluding carboxylic acids is 1. The summed E-state index contributed by atoms with van der Waals surface area (Å²) in [6.07, 6.45) is 0. The number of methoxy groups -OCH3 is 1. The third kappa shape index (κ3) is 4.02. The molecule has 28 heavy (non-hydrogen) atoms. The standard InChI is InChI=1S/C22H25NO4S/c1-22(2,3)16-9-5-15(6-10-16)20-23(18(13-28-20)21(25)26)19(24)14-7-11-17(27-4)12-8-14/h5-12,18,20H,13H2,1-4H3,(H,25,26)/t18-,20-/m1/s1. The summed E-state index contributed by atoms with van der Waals surface area (Å²) >= 11 is 1.48. The molecular formula is C22H25NO4S. The summed E-state index contributed by atoms with van der Waals surface area (Å²) in [7, 11) is 1.56. The maximum absolute atomic E-state index is 13.2. The number of ether oxygens (including phenoxy) is 1. The van der Waals surface area contributed by atoms with E-state index in [9.17, 15) is 14.7 Å². The molecule has 1 aliphatic rings. The van der Waals surface area contributed by atoms with Gasteiger partial charge in [0.2, 0.25) is 0 Å². The third-order valence-corrected chi connectivity index (χ3v) is 6.24. The number of benzene rings is 2. The zero-order valence-corrected chi connectivity index (χ0v) is 17.3. The summed E-state index contributed by atoms with van der Waals surface area (Å²) in [4.78, 5) is 26.5. The highest BCUT2D eigenvalue weighted by Crippen LogP contribution is 2.42. The van der Waals surface area contributed by atoms with E-state index < -0.39 is 12.0 Å². The molecule has 1 N–H and O–H groups in total. The maximum Gasteiger partial charge on any atom is 0.327 e. The van der Waals surface area contributed by atoms with Gasteiger partial charge in [0.15, 0.2) is 0 Å². The molecule has 3 rings (SSSR count). The highest BCUT2D eigenvalue weighted by atomic mass is 32.2. The second-order valence-electron chi connectivity index (χ2n) is 7.85. The second-order valence-corrected chi connectivity index (χ2v) is 8.97. The molecule has 0 aliphatic carbocycles. The molecule has 1 amide bonds. The molecule has 1 aliphatic heterocycles. The zero-order valence-electron chi connectivity index (χ0n) is 16.5. The number of nitrogens with zero attached hydrogens (tertiary/aromatic N) is 1. The molecule has 5 nitrogen and oxygen atoms in total. The summed E-state index contributed by atoms with van der Waals surface area (Å²) < 4.78 is 5.14. The highest BCUT2D eigenvalue weighted by molar-refractivity contribution is 7.99. The van der Waals surface area contributed by atoms with Gasteiger partial charge in [0.1, 0.15) is 17.2 Å². The van der Waals surface area contributed by atoms with E-state index >= 15 is 0 Å². The van der Waals surface area contributed by atoms with Crippen LogP contribution in [0.4, 0.5) is 0 Å². The number of carbonyl (C=O) groups is 2. The van der Waals surface area contributed by atoms with E-state index in [0.717, 1.165) is 5.56 Å². The molecular weight excluding hydrogens is 374 g/mol. The molecule has 2 aromatic carbocycles. The van der Waals surface area contributed by atoms with Crippen LogP contribution in [-0.2, 0) is 10.2 Å². The Labute approximate surface area is 169 Å². The zero-order chi connectivity index (χ0) is 20.5. The number of aliphatic carboxylic acids is 1. The van der Waals surface area contributed by atoms with Crippen LogP contribution in [0.2, 0.25) is 0 Å². The lowest BCUT2D eigenvalue weighted by molar-refractivity contribution is -0.141. The van der Waals surface area contributed by atoms with Crippen LogP contribution in [0, 0.1) is 0 Å². The summed E-state index contributed by atoms with van der Waals surface area (Å²) in [5, 5.41) is 9.32. The second kappa shape index (κ2) is 7.87. The van der Waals surface area contributed by atoms with Crippen molar-refractivity contribution in [2.45, 2.75) is 37.6 Å². The van der Waals surface area contributed by atoms with E-state index in [2.05, 4.69) is 32.9 Å². The van der Waals surface area contributed by atoms with Crippen LogP contribution in [0.15, 0.2) is 48.5 Å². The van der Waals surface area contributed by atoms with Gasteiger partial charge in [-0.3, -0.25) is 4.79 Å². The van der Waals surface area contributed by atoms with Crippen molar-refractivity contribution in [3.8, 4) is 5.75 Å². The Morgan fingerprint density at radius 1 is 1.07 bits per heavy atom. The van der Waals surface area contributed by atoms with Crippen LogP contribution in [-0.4, -0.2) is 40.8 Å². The summed E-state index contributed by atoms with van der Waals surface area (Å²) in [5.41, 5.74) is 2.61. The third-order valence-electron chi connectivity index (χ3n) is 4.92. The van der Waals surface area contributed by atoms with E-state index in [1.807, 2.05) is 12.1 Å². The molecule has 0 unspecified atom stereocenters. The van der Waals surface area contributed by atoms with Gasteiger partial charge in [-0.05, 0) is 40.8 Å². The fraction of sp³-hybridized carbons (Fsp3) is 0.364. The van der Waals surface area contributed by atoms with Gasteiger partial charge < -0.3 is 14.7 Å². The van der Waals surface area contributed by atoms with Crippen LogP contribution in [0.1, 0.15) is 47.6 Å². The van der Waals surface area contributed by atoms with Gasteiger partial charge in [-0.1, -0.05) is 45.0 Å². The quantitative estimate of drug-likeness (QED) is 0.829. The first kappa shape index (κ1) is 20.3. The van der Waals surface area contributed by atoms with E-state index in [4.69, 9.17) is 4.74 Å². The first-order valence-electron chi connectivity index (χ1n) is 9.14. The molecule has 0 saturated carbocycles. The lowest BCUT2D eigenvalue weighted by atomic mass is 9.86. The molecule has 1 heterocycles. The molecule has 0 radical (unpaired) electrons. The van der Waals surface area contributed by atoms with Crippen molar-refractivity contribution in [1.82, 2.24) is 4.90 Å². The number of carboxylic acids is 1. The van der Waals surface area contributed by atoms with Crippen LogP contribution in [0.25, 0.3) is 0 Å². The lowest BCUT2D eigenvalue weighted by Gasteiger charge is -2.28. The van der Waals surface area contributed by atoms with E-state index in [0.29, 0.717) is 17.1 Å². The van der Waals surface area contributed by atoms with Crippen LogP contribution < -0.4 is 4.74 Å². The first-order chi connectivity index (χ1) is 13.2. The van der Waals surface area contributed by atoms with Gasteiger partial charge in [-0.15, -0.1) is 11.8 Å². The number of rotatable bonds is 4. The summed E-state index contributed by atoms with van der Waals surface area (Å²) in [5.74, 6) is -0.257. The highest BCUT2D eigenvalue weighted by Gasteiger charge is 2.42. The van der Waals surface area contributed by atoms with Gasteiger partial charge in [0.25, 0.3) is 5.91 Å². The topological polar surface area (TPSA) is 66.8 Å². The van der Waals surface area contributed by atoms with Gasteiger partial charge in [0, 0.05) is 11.3 Å². The Morgan fingerprint density at radius 2 is 1.68 bits per heavy atom. The Bertz CT molecular complexity index is 856. The minimum Gasteiger partial charge on any atom is -0.497 e. The average Bonchev–Trinajstić information content (AvgIpc) is 3.12. The molecule has 0 aromatic heterocycles. The number of carboxylic acid groups (broad SMARTS) is 1. The van der Waals surface area contributed by atoms with Crippen LogP contribution in [0.3, 0.4) is 0 Å². The smallest absolute Gasteiger partial charge is 0.327 e. The average molecular weight is 400 g/mol. The first-order valence-corrected chi connectivity index (χ1v) is 10.2. The molecule has 1 fully saturated rings. The monoisotopic (exact) mass is 399 g/mol. The minimum absolute atomic E-state index is 0.0313. The fourth-order valence-corrected chi connectivity index (χ4v) is 4.65. The van der Waals surface area contributed by atoms with E-state index in [-0.39, 0.29) is 16.7 Å². The summed E-state index contributed by atoms with van der Waals surface area (Å²) in [6, 6.07) is 14.0. The largest absolute Gasteiger partial charge is 0.497 e. The van der Waals surface area contributed by atoms with E-state index in [1.165, 1.54) is 22.2 Å². The Morgan fingerprint density at radius 3 is 2.18 bits per heavy atom. The molecule has 2 aromatic rings. The normalized spacial score (nSPS) is 19.5. The SMILES string of the molecule is COc1ccc(C(=O)N2[C@@H](C(=O)O)CS[C@@H]2c2ccc(C(C)(C)C)cc2)cc1. The minimum atomic E-state index is -0.983. The Hall–Kier alpha value is -2.47. The predicted molar refractivity (Wildman–Crippen MR) is 111 cm³/mol.